The van der Waals surface area contributed by atoms with Crippen molar-refractivity contribution in [2.75, 3.05) is 7.11 Å². The molecule has 1 fully saturated rings. The van der Waals surface area contributed by atoms with Gasteiger partial charge in [-0.15, -0.1) is 0 Å². The summed E-state index contributed by atoms with van der Waals surface area (Å²) >= 11 is 0. The first kappa shape index (κ1) is 14.2. The molecule has 3 rings (SSSR count). The first-order valence-corrected chi connectivity index (χ1v) is 7.70. The fourth-order valence-electron chi connectivity index (χ4n) is 2.99. The molecule has 1 saturated carbocycles. The average Bonchev–Trinajstić information content (AvgIpc) is 3.28. The number of hydrogen-bond acceptors (Lipinski definition) is 2. The van der Waals surface area contributed by atoms with E-state index in [-0.39, 0.29) is 0 Å². The summed E-state index contributed by atoms with van der Waals surface area (Å²) in [7, 11) is 1.70. The lowest BCUT2D eigenvalue weighted by Crippen LogP contribution is -2.30. The SMILES string of the molecule is COc1ccc(CC(C)NC2CC2c2ccccc2)cc1. The Balaban J connectivity index is 1.50. The monoisotopic (exact) mass is 281 g/mol. The van der Waals surface area contributed by atoms with Gasteiger partial charge >= 0.3 is 0 Å². The first-order chi connectivity index (χ1) is 10.3. The van der Waals surface area contributed by atoms with Crippen molar-refractivity contribution < 1.29 is 4.74 Å². The number of benzene rings is 2. The van der Waals surface area contributed by atoms with E-state index in [0.29, 0.717) is 18.0 Å². The van der Waals surface area contributed by atoms with Crippen LogP contribution in [0.4, 0.5) is 0 Å². The normalized spacial score (nSPS) is 21.8. The highest BCUT2D eigenvalue weighted by atomic mass is 16.5. The molecule has 3 unspecified atom stereocenters. The molecule has 0 amide bonds. The topological polar surface area (TPSA) is 21.3 Å². The Morgan fingerprint density at radius 3 is 2.48 bits per heavy atom. The molecular formula is C19H23NO. The minimum atomic E-state index is 0.497. The fourth-order valence-corrected chi connectivity index (χ4v) is 2.99. The highest BCUT2D eigenvalue weighted by molar-refractivity contribution is 5.29. The smallest absolute Gasteiger partial charge is 0.118 e. The zero-order valence-electron chi connectivity index (χ0n) is 12.8. The largest absolute Gasteiger partial charge is 0.497 e. The van der Waals surface area contributed by atoms with E-state index in [4.69, 9.17) is 4.74 Å². The lowest BCUT2D eigenvalue weighted by atomic mass is 10.1. The Morgan fingerprint density at radius 2 is 1.81 bits per heavy atom. The van der Waals surface area contributed by atoms with Crippen molar-refractivity contribution in [2.24, 2.45) is 0 Å². The second-order valence-electron chi connectivity index (χ2n) is 5.98. The third-order valence-electron chi connectivity index (χ3n) is 4.22. The summed E-state index contributed by atoms with van der Waals surface area (Å²) < 4.78 is 5.20. The molecule has 0 radical (unpaired) electrons. The van der Waals surface area contributed by atoms with Crippen LogP contribution in [0.5, 0.6) is 5.75 Å². The van der Waals surface area contributed by atoms with Crippen LogP contribution >= 0.6 is 0 Å². The molecule has 2 aromatic carbocycles. The second kappa shape index (κ2) is 6.31. The van der Waals surface area contributed by atoms with Gasteiger partial charge in [-0.25, -0.2) is 0 Å². The van der Waals surface area contributed by atoms with Crippen LogP contribution in [0.2, 0.25) is 0 Å². The summed E-state index contributed by atoms with van der Waals surface area (Å²) in [6.45, 7) is 2.27. The lowest BCUT2D eigenvalue weighted by molar-refractivity contribution is 0.414. The number of methoxy groups -OCH3 is 1. The fraction of sp³-hybridized carbons (Fsp3) is 0.368. The van der Waals surface area contributed by atoms with Gasteiger partial charge in [0.2, 0.25) is 0 Å². The molecule has 3 atom stereocenters. The van der Waals surface area contributed by atoms with E-state index in [2.05, 4.69) is 54.7 Å². The minimum Gasteiger partial charge on any atom is -0.497 e. The van der Waals surface area contributed by atoms with Gasteiger partial charge in [-0.05, 0) is 43.0 Å². The van der Waals surface area contributed by atoms with Gasteiger partial charge < -0.3 is 10.1 Å². The van der Waals surface area contributed by atoms with Gasteiger partial charge in [0.05, 0.1) is 7.11 Å². The van der Waals surface area contributed by atoms with Crippen LogP contribution in [-0.4, -0.2) is 19.2 Å². The Labute approximate surface area is 127 Å². The van der Waals surface area contributed by atoms with Gasteiger partial charge in [0.1, 0.15) is 5.75 Å². The molecule has 21 heavy (non-hydrogen) atoms. The standard InChI is InChI=1S/C19H23NO/c1-14(12-15-8-10-17(21-2)11-9-15)20-19-13-18(19)16-6-4-3-5-7-16/h3-11,14,18-20H,12-13H2,1-2H3. The highest BCUT2D eigenvalue weighted by Gasteiger charge is 2.38. The van der Waals surface area contributed by atoms with Crippen LogP contribution < -0.4 is 10.1 Å². The predicted molar refractivity (Wildman–Crippen MR) is 86.9 cm³/mol. The molecule has 0 bridgehead atoms. The lowest BCUT2D eigenvalue weighted by Gasteiger charge is -2.14. The predicted octanol–water partition coefficient (Wildman–Crippen LogP) is 3.77. The van der Waals surface area contributed by atoms with Crippen LogP contribution in [0, 0.1) is 0 Å². The minimum absolute atomic E-state index is 0.497. The van der Waals surface area contributed by atoms with Crippen molar-refractivity contribution in [3.63, 3.8) is 0 Å². The average molecular weight is 281 g/mol. The van der Waals surface area contributed by atoms with Gasteiger partial charge in [-0.3, -0.25) is 0 Å². The molecule has 0 aliphatic heterocycles. The van der Waals surface area contributed by atoms with Crippen molar-refractivity contribution in [3.8, 4) is 5.75 Å². The van der Waals surface area contributed by atoms with Crippen molar-refractivity contribution in [2.45, 2.75) is 37.8 Å². The zero-order valence-corrected chi connectivity index (χ0v) is 12.8. The summed E-state index contributed by atoms with van der Waals surface area (Å²) in [4.78, 5) is 0. The molecule has 110 valence electrons. The summed E-state index contributed by atoms with van der Waals surface area (Å²) in [6, 6.07) is 20.3. The van der Waals surface area contributed by atoms with E-state index >= 15 is 0 Å². The van der Waals surface area contributed by atoms with Gasteiger partial charge in [0.15, 0.2) is 0 Å². The molecular weight excluding hydrogens is 258 g/mol. The van der Waals surface area contributed by atoms with Crippen molar-refractivity contribution in [3.05, 3.63) is 65.7 Å². The molecule has 0 heterocycles. The molecule has 1 N–H and O–H groups in total. The van der Waals surface area contributed by atoms with Crippen molar-refractivity contribution >= 4 is 0 Å². The van der Waals surface area contributed by atoms with Crippen molar-refractivity contribution in [1.82, 2.24) is 5.32 Å². The van der Waals surface area contributed by atoms with Crippen LogP contribution in [0.25, 0.3) is 0 Å². The number of hydrogen-bond donors (Lipinski definition) is 1. The molecule has 0 aromatic heterocycles. The van der Waals surface area contributed by atoms with E-state index in [1.165, 1.54) is 17.5 Å². The summed E-state index contributed by atoms with van der Waals surface area (Å²) in [5, 5.41) is 3.75. The molecule has 0 saturated heterocycles. The Morgan fingerprint density at radius 1 is 1.10 bits per heavy atom. The van der Waals surface area contributed by atoms with Gasteiger partial charge in [-0.1, -0.05) is 42.5 Å². The number of rotatable bonds is 6. The third-order valence-corrected chi connectivity index (χ3v) is 4.22. The van der Waals surface area contributed by atoms with E-state index in [1.54, 1.807) is 7.11 Å². The summed E-state index contributed by atoms with van der Waals surface area (Å²) in [6.07, 6.45) is 2.32. The van der Waals surface area contributed by atoms with E-state index in [9.17, 15) is 0 Å². The summed E-state index contributed by atoms with van der Waals surface area (Å²) in [5.74, 6) is 1.62. The van der Waals surface area contributed by atoms with E-state index < -0.39 is 0 Å². The van der Waals surface area contributed by atoms with Crippen LogP contribution in [0.15, 0.2) is 54.6 Å². The molecule has 2 nitrogen and oxygen atoms in total. The third kappa shape index (κ3) is 3.64. The van der Waals surface area contributed by atoms with Crippen LogP contribution in [-0.2, 0) is 6.42 Å². The highest BCUT2D eigenvalue weighted by Crippen LogP contribution is 2.40. The van der Waals surface area contributed by atoms with Crippen LogP contribution in [0.1, 0.15) is 30.4 Å². The Bertz CT molecular complexity index is 564. The molecule has 2 aromatic rings. The molecule has 2 heteroatoms. The maximum absolute atomic E-state index is 5.20. The number of ether oxygens (including phenoxy) is 1. The van der Waals surface area contributed by atoms with E-state index in [0.717, 1.165) is 12.2 Å². The summed E-state index contributed by atoms with van der Waals surface area (Å²) in [5.41, 5.74) is 2.82. The molecule has 1 aliphatic carbocycles. The molecule has 1 aliphatic rings. The van der Waals surface area contributed by atoms with Gasteiger partial charge in [0.25, 0.3) is 0 Å². The molecule has 0 spiro atoms. The van der Waals surface area contributed by atoms with Crippen molar-refractivity contribution in [1.29, 1.82) is 0 Å². The van der Waals surface area contributed by atoms with Gasteiger partial charge in [0, 0.05) is 18.0 Å². The second-order valence-corrected chi connectivity index (χ2v) is 5.98. The zero-order chi connectivity index (χ0) is 14.7. The maximum Gasteiger partial charge on any atom is 0.118 e. The maximum atomic E-state index is 5.20. The Hall–Kier alpha value is -1.80. The van der Waals surface area contributed by atoms with E-state index in [1.807, 2.05) is 12.1 Å². The number of nitrogens with one attached hydrogen (secondary N) is 1. The van der Waals surface area contributed by atoms with Crippen LogP contribution in [0.3, 0.4) is 0 Å². The van der Waals surface area contributed by atoms with Gasteiger partial charge in [-0.2, -0.15) is 0 Å². The first-order valence-electron chi connectivity index (χ1n) is 7.70. The quantitative estimate of drug-likeness (QED) is 0.870. The Kier molecular flexibility index (Phi) is 4.26.